The first-order valence-corrected chi connectivity index (χ1v) is 10.2. The van der Waals surface area contributed by atoms with E-state index in [1.807, 2.05) is 19.1 Å². The zero-order valence-electron chi connectivity index (χ0n) is 18.5. The third-order valence-corrected chi connectivity index (χ3v) is 4.62. The molecule has 0 bridgehead atoms. The van der Waals surface area contributed by atoms with Gasteiger partial charge in [-0.1, -0.05) is 0 Å². The number of hydrogen-bond donors (Lipinski definition) is 2. The highest BCUT2D eigenvalue weighted by molar-refractivity contribution is 14.0. The van der Waals surface area contributed by atoms with Gasteiger partial charge in [0.2, 0.25) is 5.75 Å². The molecule has 9 heteroatoms. The third kappa shape index (κ3) is 8.35. The number of benzene rings is 1. The molecular formula is C21H36IN3O5. The lowest BCUT2D eigenvalue weighted by molar-refractivity contribution is 0.0168. The molecule has 0 radical (unpaired) electrons. The molecule has 1 saturated heterocycles. The number of guanidine groups is 1. The molecule has 1 aliphatic rings. The van der Waals surface area contributed by atoms with Crippen LogP contribution in [-0.2, 0) is 16.0 Å². The van der Waals surface area contributed by atoms with Gasteiger partial charge in [-0.25, -0.2) is 4.99 Å². The summed E-state index contributed by atoms with van der Waals surface area (Å²) in [4.78, 5) is 4.66. The Labute approximate surface area is 197 Å². The number of hydrogen-bond acceptors (Lipinski definition) is 6. The van der Waals surface area contributed by atoms with Crippen molar-refractivity contribution in [2.24, 2.45) is 4.99 Å². The zero-order valence-corrected chi connectivity index (χ0v) is 20.8. The number of nitrogens with one attached hydrogen (secondary N) is 2. The minimum atomic E-state index is 0. The molecule has 8 nitrogen and oxygen atoms in total. The van der Waals surface area contributed by atoms with Crippen LogP contribution in [-0.4, -0.2) is 66.3 Å². The van der Waals surface area contributed by atoms with Crippen LogP contribution in [0.2, 0.25) is 0 Å². The van der Waals surface area contributed by atoms with Crippen LogP contribution in [0.1, 0.15) is 31.7 Å². The lowest BCUT2D eigenvalue weighted by Gasteiger charge is -2.16. The van der Waals surface area contributed by atoms with Gasteiger partial charge in [-0.15, -0.1) is 24.0 Å². The van der Waals surface area contributed by atoms with Crippen LogP contribution < -0.4 is 24.8 Å². The van der Waals surface area contributed by atoms with Gasteiger partial charge in [-0.3, -0.25) is 0 Å². The largest absolute Gasteiger partial charge is 0.493 e. The Hall–Kier alpha value is -1.46. The van der Waals surface area contributed by atoms with E-state index < -0.39 is 0 Å². The van der Waals surface area contributed by atoms with Crippen LogP contribution in [0.15, 0.2) is 17.1 Å². The van der Waals surface area contributed by atoms with Crippen LogP contribution in [0, 0.1) is 0 Å². The van der Waals surface area contributed by atoms with E-state index in [1.54, 1.807) is 21.3 Å². The monoisotopic (exact) mass is 537 g/mol. The van der Waals surface area contributed by atoms with E-state index in [4.69, 9.17) is 23.7 Å². The van der Waals surface area contributed by atoms with E-state index in [9.17, 15) is 0 Å². The van der Waals surface area contributed by atoms with Gasteiger partial charge in [-0.05, 0) is 38.3 Å². The fraction of sp³-hybridized carbons (Fsp3) is 0.667. The third-order valence-electron chi connectivity index (χ3n) is 4.62. The second kappa shape index (κ2) is 15.4. The molecule has 1 fully saturated rings. The molecule has 1 aliphatic heterocycles. The molecule has 0 amide bonds. The maximum absolute atomic E-state index is 5.70. The van der Waals surface area contributed by atoms with E-state index in [0.29, 0.717) is 37.0 Å². The molecule has 30 heavy (non-hydrogen) atoms. The van der Waals surface area contributed by atoms with Crippen LogP contribution in [0.25, 0.3) is 0 Å². The minimum Gasteiger partial charge on any atom is -0.493 e. The summed E-state index contributed by atoms with van der Waals surface area (Å²) in [5.41, 5.74) is 0.919. The normalized spacial score (nSPS) is 16.0. The topological polar surface area (TPSA) is 82.6 Å². The number of halogens is 1. The molecule has 2 N–H and O–H groups in total. The summed E-state index contributed by atoms with van der Waals surface area (Å²) < 4.78 is 27.6. The average Bonchev–Trinajstić information content (AvgIpc) is 3.26. The first-order valence-electron chi connectivity index (χ1n) is 10.2. The van der Waals surface area contributed by atoms with Crippen molar-refractivity contribution in [2.75, 3.05) is 54.2 Å². The maximum Gasteiger partial charge on any atom is 0.203 e. The predicted molar refractivity (Wildman–Crippen MR) is 129 cm³/mol. The molecule has 172 valence electrons. The van der Waals surface area contributed by atoms with Crippen molar-refractivity contribution in [3.05, 3.63) is 17.7 Å². The van der Waals surface area contributed by atoms with Crippen LogP contribution in [0.5, 0.6) is 17.2 Å². The highest BCUT2D eigenvalue weighted by atomic mass is 127. The number of rotatable bonds is 12. The Morgan fingerprint density at radius 2 is 1.93 bits per heavy atom. The minimum absolute atomic E-state index is 0. The molecule has 0 aliphatic carbocycles. The molecular weight excluding hydrogens is 501 g/mol. The molecule has 0 saturated carbocycles. The smallest absolute Gasteiger partial charge is 0.203 e. The van der Waals surface area contributed by atoms with E-state index in [2.05, 4.69) is 15.6 Å². The molecule has 1 unspecified atom stereocenters. The second-order valence-corrected chi connectivity index (χ2v) is 6.68. The number of methoxy groups -OCH3 is 3. The molecule has 1 aromatic rings. The summed E-state index contributed by atoms with van der Waals surface area (Å²) in [6.45, 7) is 6.31. The van der Waals surface area contributed by atoms with Crippen molar-refractivity contribution in [1.82, 2.24) is 10.6 Å². The first kappa shape index (κ1) is 26.6. The summed E-state index contributed by atoms with van der Waals surface area (Å²) in [7, 11) is 4.82. The Morgan fingerprint density at radius 1 is 1.13 bits per heavy atom. The van der Waals surface area contributed by atoms with Crippen molar-refractivity contribution in [2.45, 2.75) is 38.8 Å². The Bertz CT molecular complexity index is 639. The average molecular weight is 537 g/mol. The van der Waals surface area contributed by atoms with E-state index >= 15 is 0 Å². The van der Waals surface area contributed by atoms with Gasteiger partial charge in [0, 0.05) is 31.9 Å². The van der Waals surface area contributed by atoms with E-state index in [0.717, 1.165) is 50.5 Å². The summed E-state index contributed by atoms with van der Waals surface area (Å²) in [5, 5.41) is 6.60. The van der Waals surface area contributed by atoms with Gasteiger partial charge in [0.1, 0.15) is 0 Å². The summed E-state index contributed by atoms with van der Waals surface area (Å²) in [5.74, 6) is 2.59. The maximum atomic E-state index is 5.70. The van der Waals surface area contributed by atoms with Crippen molar-refractivity contribution < 1.29 is 23.7 Å². The fourth-order valence-corrected chi connectivity index (χ4v) is 3.17. The first-order chi connectivity index (χ1) is 14.2. The van der Waals surface area contributed by atoms with E-state index in [-0.39, 0.29) is 30.1 Å². The predicted octanol–water partition coefficient (Wildman–Crippen LogP) is 2.97. The van der Waals surface area contributed by atoms with Gasteiger partial charge in [0.25, 0.3) is 0 Å². The van der Waals surface area contributed by atoms with Gasteiger partial charge < -0.3 is 34.3 Å². The lowest BCUT2D eigenvalue weighted by atomic mass is 10.1. The highest BCUT2D eigenvalue weighted by Crippen LogP contribution is 2.39. The second-order valence-electron chi connectivity index (χ2n) is 6.68. The van der Waals surface area contributed by atoms with Gasteiger partial charge in [-0.2, -0.15) is 0 Å². The SMILES string of the molecule is CCNC(=NCc1ccc(OC)c(OC)c1OC)NCCCOCC1CCCO1.I. The summed E-state index contributed by atoms with van der Waals surface area (Å²) in [6.07, 6.45) is 3.42. The van der Waals surface area contributed by atoms with Crippen LogP contribution >= 0.6 is 24.0 Å². The Morgan fingerprint density at radius 3 is 2.57 bits per heavy atom. The molecule has 1 heterocycles. The Balaban J connectivity index is 0.00000450. The summed E-state index contributed by atoms with van der Waals surface area (Å²) in [6, 6.07) is 3.80. The van der Waals surface area contributed by atoms with Crippen LogP contribution in [0.3, 0.4) is 0 Å². The number of aliphatic imine (C=N–C) groups is 1. The zero-order chi connectivity index (χ0) is 20.9. The van der Waals surface area contributed by atoms with Gasteiger partial charge in [0.05, 0.1) is 40.6 Å². The van der Waals surface area contributed by atoms with E-state index in [1.165, 1.54) is 0 Å². The molecule has 0 spiro atoms. The number of nitrogens with zero attached hydrogens (tertiary/aromatic N) is 1. The quantitative estimate of drug-likeness (QED) is 0.184. The Kier molecular flexibility index (Phi) is 13.6. The number of ether oxygens (including phenoxy) is 5. The standard InChI is InChI=1S/C21H35N3O5.HI/c1-5-22-21(23-11-7-12-28-15-17-8-6-13-29-17)24-14-16-9-10-18(25-2)20(27-4)19(16)26-3;/h9-10,17H,5-8,11-15H2,1-4H3,(H2,22,23,24);1H. The van der Waals surface area contributed by atoms with Crippen molar-refractivity contribution >= 4 is 29.9 Å². The molecule has 1 atom stereocenters. The van der Waals surface area contributed by atoms with Gasteiger partial charge in [0.15, 0.2) is 17.5 Å². The fourth-order valence-electron chi connectivity index (χ4n) is 3.17. The van der Waals surface area contributed by atoms with Crippen molar-refractivity contribution in [3.63, 3.8) is 0 Å². The van der Waals surface area contributed by atoms with Crippen molar-refractivity contribution in [3.8, 4) is 17.2 Å². The highest BCUT2D eigenvalue weighted by Gasteiger charge is 2.16. The lowest BCUT2D eigenvalue weighted by Crippen LogP contribution is -2.38. The summed E-state index contributed by atoms with van der Waals surface area (Å²) >= 11 is 0. The molecule has 2 rings (SSSR count). The van der Waals surface area contributed by atoms with Crippen LogP contribution in [0.4, 0.5) is 0 Å². The molecule has 0 aromatic heterocycles. The van der Waals surface area contributed by atoms with Crippen molar-refractivity contribution in [1.29, 1.82) is 0 Å². The van der Waals surface area contributed by atoms with Gasteiger partial charge >= 0.3 is 0 Å². The molecule has 1 aromatic carbocycles.